The van der Waals surface area contributed by atoms with Gasteiger partial charge in [0.2, 0.25) is 0 Å². The van der Waals surface area contributed by atoms with Crippen molar-refractivity contribution in [2.75, 3.05) is 11.9 Å². The third kappa shape index (κ3) is 3.11. The number of aryl methyl sites for hydroxylation is 2. The first-order valence-corrected chi connectivity index (χ1v) is 6.79. The summed E-state index contributed by atoms with van der Waals surface area (Å²) in [6.45, 7) is 2.49. The van der Waals surface area contributed by atoms with E-state index in [1.54, 1.807) is 10.7 Å². The Hall–Kier alpha value is -2.21. The van der Waals surface area contributed by atoms with Gasteiger partial charge in [0.05, 0.1) is 23.0 Å². The van der Waals surface area contributed by atoms with Gasteiger partial charge in [-0.25, -0.2) is 0 Å². The zero-order valence-electron chi connectivity index (χ0n) is 12.2. The molecule has 0 amide bonds. The first kappa shape index (κ1) is 15.2. The van der Waals surface area contributed by atoms with Crippen LogP contribution in [-0.2, 0) is 13.6 Å². The van der Waals surface area contributed by atoms with E-state index in [9.17, 15) is 0 Å². The number of halogens is 1. The van der Waals surface area contributed by atoms with Crippen LogP contribution in [0.15, 0.2) is 29.4 Å². The number of nitrogens with two attached hydrogens (primary N) is 1. The number of oxime groups is 1. The number of amidine groups is 1. The molecule has 0 saturated carbocycles. The molecule has 0 unspecified atom stereocenters. The fourth-order valence-corrected chi connectivity index (χ4v) is 2.35. The molecule has 0 saturated heterocycles. The lowest BCUT2D eigenvalue weighted by Crippen LogP contribution is -2.20. The molecule has 0 bridgehead atoms. The van der Waals surface area contributed by atoms with Gasteiger partial charge in [0.15, 0.2) is 5.84 Å². The van der Waals surface area contributed by atoms with Crippen LogP contribution in [0.5, 0.6) is 0 Å². The highest BCUT2D eigenvalue weighted by molar-refractivity contribution is 6.31. The smallest absolute Gasteiger partial charge is 0.170 e. The molecule has 0 aliphatic heterocycles. The van der Waals surface area contributed by atoms with Gasteiger partial charge < -0.3 is 15.8 Å². The van der Waals surface area contributed by atoms with E-state index >= 15 is 0 Å². The second-order valence-electron chi connectivity index (χ2n) is 4.86. The number of benzene rings is 1. The van der Waals surface area contributed by atoms with Crippen molar-refractivity contribution in [1.29, 1.82) is 0 Å². The van der Waals surface area contributed by atoms with Gasteiger partial charge in [0.1, 0.15) is 0 Å². The van der Waals surface area contributed by atoms with E-state index in [-0.39, 0.29) is 5.84 Å². The van der Waals surface area contributed by atoms with Crippen molar-refractivity contribution < 1.29 is 5.21 Å². The molecule has 1 aromatic heterocycles. The second kappa shape index (κ2) is 6.05. The number of hydrogen-bond acceptors (Lipinski definition) is 4. The summed E-state index contributed by atoms with van der Waals surface area (Å²) in [4.78, 5) is 2.02. The molecule has 1 aromatic carbocycles. The SMILES string of the molecule is Cc1nn(C)c(CN(C)c2cccc(C(N)=NO)c2)c1Cl. The molecule has 2 rings (SSSR count). The molecule has 112 valence electrons. The Labute approximate surface area is 128 Å². The van der Waals surface area contributed by atoms with E-state index in [1.807, 2.05) is 44.1 Å². The van der Waals surface area contributed by atoms with Crippen molar-refractivity contribution in [2.24, 2.45) is 17.9 Å². The maximum atomic E-state index is 8.75. The lowest BCUT2D eigenvalue weighted by molar-refractivity contribution is 0.318. The second-order valence-corrected chi connectivity index (χ2v) is 5.24. The Balaban J connectivity index is 2.26. The zero-order valence-corrected chi connectivity index (χ0v) is 13.0. The average molecular weight is 308 g/mol. The van der Waals surface area contributed by atoms with E-state index in [1.165, 1.54) is 0 Å². The molecular weight excluding hydrogens is 290 g/mol. The lowest BCUT2D eigenvalue weighted by Gasteiger charge is -2.20. The van der Waals surface area contributed by atoms with Crippen LogP contribution >= 0.6 is 11.6 Å². The Bertz CT molecular complexity index is 680. The highest BCUT2D eigenvalue weighted by atomic mass is 35.5. The molecule has 2 aromatic rings. The predicted octanol–water partition coefficient (Wildman–Crippen LogP) is 2.11. The van der Waals surface area contributed by atoms with Gasteiger partial charge >= 0.3 is 0 Å². The van der Waals surface area contributed by atoms with Gasteiger partial charge in [0.25, 0.3) is 0 Å². The van der Waals surface area contributed by atoms with Crippen molar-refractivity contribution in [2.45, 2.75) is 13.5 Å². The minimum atomic E-state index is 0.0830. The van der Waals surface area contributed by atoms with E-state index < -0.39 is 0 Å². The summed E-state index contributed by atoms with van der Waals surface area (Å²) in [5, 5.41) is 16.7. The van der Waals surface area contributed by atoms with Crippen molar-refractivity contribution in [3.8, 4) is 0 Å². The average Bonchev–Trinajstić information content (AvgIpc) is 2.73. The lowest BCUT2D eigenvalue weighted by atomic mass is 10.1. The molecule has 0 radical (unpaired) electrons. The summed E-state index contributed by atoms with van der Waals surface area (Å²) in [5.74, 6) is 0.0830. The normalized spacial score (nSPS) is 11.7. The van der Waals surface area contributed by atoms with Crippen molar-refractivity contribution in [3.05, 3.63) is 46.2 Å². The van der Waals surface area contributed by atoms with Crippen LogP contribution in [0, 0.1) is 6.92 Å². The monoisotopic (exact) mass is 307 g/mol. The Morgan fingerprint density at radius 2 is 2.24 bits per heavy atom. The van der Waals surface area contributed by atoms with Crippen LogP contribution in [0.1, 0.15) is 17.0 Å². The first-order chi connectivity index (χ1) is 9.93. The Morgan fingerprint density at radius 1 is 1.52 bits per heavy atom. The molecule has 7 heteroatoms. The molecule has 0 aliphatic carbocycles. The Kier molecular flexibility index (Phi) is 4.37. The van der Waals surface area contributed by atoms with Crippen LogP contribution in [0.2, 0.25) is 5.02 Å². The van der Waals surface area contributed by atoms with Gasteiger partial charge in [-0.05, 0) is 19.1 Å². The van der Waals surface area contributed by atoms with E-state index in [2.05, 4.69) is 10.3 Å². The predicted molar refractivity (Wildman–Crippen MR) is 84.0 cm³/mol. The minimum absolute atomic E-state index is 0.0830. The van der Waals surface area contributed by atoms with Crippen molar-refractivity contribution in [1.82, 2.24) is 9.78 Å². The summed E-state index contributed by atoms with van der Waals surface area (Å²) in [5.41, 5.74) is 8.96. The van der Waals surface area contributed by atoms with Gasteiger partial charge in [0, 0.05) is 25.3 Å². The fourth-order valence-electron chi connectivity index (χ4n) is 2.13. The summed E-state index contributed by atoms with van der Waals surface area (Å²) in [6, 6.07) is 7.44. The third-order valence-corrected chi connectivity index (χ3v) is 3.83. The maximum Gasteiger partial charge on any atom is 0.170 e. The van der Waals surface area contributed by atoms with Crippen LogP contribution in [0.4, 0.5) is 5.69 Å². The number of nitrogens with zero attached hydrogens (tertiary/aromatic N) is 4. The molecule has 0 fully saturated rings. The number of anilines is 1. The maximum absolute atomic E-state index is 8.75. The van der Waals surface area contributed by atoms with Gasteiger partial charge in [-0.1, -0.05) is 28.9 Å². The number of rotatable bonds is 4. The van der Waals surface area contributed by atoms with Crippen LogP contribution in [-0.4, -0.2) is 27.9 Å². The fraction of sp³-hybridized carbons (Fsp3) is 0.286. The molecule has 0 spiro atoms. The summed E-state index contributed by atoms with van der Waals surface area (Å²) < 4.78 is 1.78. The van der Waals surface area contributed by atoms with E-state index in [0.717, 1.165) is 17.1 Å². The van der Waals surface area contributed by atoms with Gasteiger partial charge in [-0.3, -0.25) is 4.68 Å². The summed E-state index contributed by atoms with van der Waals surface area (Å²) >= 11 is 6.27. The molecule has 3 N–H and O–H groups in total. The zero-order chi connectivity index (χ0) is 15.6. The molecule has 1 heterocycles. The van der Waals surface area contributed by atoms with Crippen molar-refractivity contribution >= 4 is 23.1 Å². The topological polar surface area (TPSA) is 79.7 Å². The third-order valence-electron chi connectivity index (χ3n) is 3.34. The quantitative estimate of drug-likeness (QED) is 0.392. The summed E-state index contributed by atoms with van der Waals surface area (Å²) in [7, 11) is 3.82. The number of hydrogen-bond donors (Lipinski definition) is 2. The molecular formula is C14H18ClN5O. The van der Waals surface area contributed by atoms with E-state index in [4.69, 9.17) is 22.5 Å². The molecule has 0 atom stereocenters. The van der Waals surface area contributed by atoms with Crippen molar-refractivity contribution in [3.63, 3.8) is 0 Å². The van der Waals surface area contributed by atoms with Crippen LogP contribution in [0.3, 0.4) is 0 Å². The summed E-state index contributed by atoms with van der Waals surface area (Å²) in [6.07, 6.45) is 0. The minimum Gasteiger partial charge on any atom is -0.409 e. The highest BCUT2D eigenvalue weighted by Gasteiger charge is 2.14. The standard InChI is InChI=1S/C14H18ClN5O/c1-9-13(15)12(20(3)17-9)8-19(2)11-6-4-5-10(7-11)14(16)18-21/h4-7,21H,8H2,1-3H3,(H2,16,18). The largest absolute Gasteiger partial charge is 0.409 e. The number of aromatic nitrogens is 2. The van der Waals surface area contributed by atoms with E-state index in [0.29, 0.717) is 17.1 Å². The van der Waals surface area contributed by atoms with Gasteiger partial charge in [-0.2, -0.15) is 5.10 Å². The van der Waals surface area contributed by atoms with Crippen LogP contribution < -0.4 is 10.6 Å². The van der Waals surface area contributed by atoms with Gasteiger partial charge in [-0.15, -0.1) is 0 Å². The molecule has 21 heavy (non-hydrogen) atoms. The van der Waals surface area contributed by atoms with Crippen LogP contribution in [0.25, 0.3) is 0 Å². The first-order valence-electron chi connectivity index (χ1n) is 6.41. The molecule has 0 aliphatic rings. The Morgan fingerprint density at radius 3 is 2.81 bits per heavy atom. The highest BCUT2D eigenvalue weighted by Crippen LogP contribution is 2.23. The molecule has 6 nitrogen and oxygen atoms in total.